The number of hydrogen-bond donors (Lipinski definition) is 2. The Labute approximate surface area is 148 Å². The van der Waals surface area contributed by atoms with Crippen molar-refractivity contribution in [2.24, 2.45) is 0 Å². The Morgan fingerprint density at radius 1 is 0.800 bits per heavy atom. The van der Waals surface area contributed by atoms with Crippen LogP contribution in [0.25, 0.3) is 11.1 Å². The topological polar surface area (TPSA) is 49.7 Å². The minimum Gasteiger partial charge on any atom is -0.457 e. The van der Waals surface area contributed by atoms with Crippen LogP contribution >= 0.6 is 0 Å². The van der Waals surface area contributed by atoms with Crippen LogP contribution in [0.2, 0.25) is 0 Å². The third kappa shape index (κ3) is 4.27. The molecule has 2 N–H and O–H groups in total. The molecule has 0 aliphatic rings. The van der Waals surface area contributed by atoms with Crippen LogP contribution in [0.15, 0.2) is 72.8 Å². The number of benzene rings is 3. The van der Waals surface area contributed by atoms with Crippen LogP contribution in [-0.4, -0.2) is 10.2 Å². The molecule has 0 saturated heterocycles. The van der Waals surface area contributed by atoms with Gasteiger partial charge >= 0.3 is 0 Å². The van der Waals surface area contributed by atoms with E-state index in [1.807, 2.05) is 72.8 Å². The normalized spacial score (nSPS) is 11.4. The minimum atomic E-state index is -0.876. The first-order valence-corrected chi connectivity index (χ1v) is 8.27. The van der Waals surface area contributed by atoms with Gasteiger partial charge in [-0.1, -0.05) is 42.5 Å². The zero-order chi connectivity index (χ0) is 17.9. The van der Waals surface area contributed by atoms with Crippen molar-refractivity contribution in [3.8, 4) is 22.6 Å². The molecule has 0 fully saturated rings. The molecule has 0 radical (unpaired) electrons. The zero-order valence-electron chi connectivity index (χ0n) is 14.4. The van der Waals surface area contributed by atoms with E-state index < -0.39 is 5.60 Å². The Kier molecular flexibility index (Phi) is 4.88. The lowest BCUT2D eigenvalue weighted by atomic mass is 9.94. The number of ether oxygens (including phenoxy) is 1. The van der Waals surface area contributed by atoms with E-state index in [2.05, 4.69) is 0 Å². The minimum absolute atomic E-state index is 0.0211. The van der Waals surface area contributed by atoms with Crippen molar-refractivity contribution < 1.29 is 14.9 Å². The quantitative estimate of drug-likeness (QED) is 0.700. The van der Waals surface area contributed by atoms with Gasteiger partial charge < -0.3 is 14.9 Å². The Hall–Kier alpha value is -2.62. The Bertz CT molecular complexity index is 846. The second-order valence-electron chi connectivity index (χ2n) is 6.57. The molecule has 25 heavy (non-hydrogen) atoms. The molecule has 0 aliphatic heterocycles. The van der Waals surface area contributed by atoms with Crippen LogP contribution in [0.5, 0.6) is 11.5 Å². The van der Waals surface area contributed by atoms with E-state index in [-0.39, 0.29) is 6.61 Å². The average molecular weight is 334 g/mol. The molecule has 3 heteroatoms. The van der Waals surface area contributed by atoms with E-state index in [0.29, 0.717) is 0 Å². The van der Waals surface area contributed by atoms with Crippen LogP contribution in [-0.2, 0) is 12.2 Å². The van der Waals surface area contributed by atoms with Gasteiger partial charge in [-0.05, 0) is 66.4 Å². The molecule has 0 aliphatic carbocycles. The lowest BCUT2D eigenvalue weighted by Gasteiger charge is -2.18. The van der Waals surface area contributed by atoms with Gasteiger partial charge in [0.25, 0.3) is 0 Å². The molecule has 0 atom stereocenters. The summed E-state index contributed by atoms with van der Waals surface area (Å²) in [4.78, 5) is 0. The van der Waals surface area contributed by atoms with E-state index >= 15 is 0 Å². The SMILES string of the molecule is CC(C)(O)c1cccc(-c2cccc(Oc3ccc(CO)cc3)c2)c1. The van der Waals surface area contributed by atoms with Gasteiger partial charge in [-0.3, -0.25) is 0 Å². The van der Waals surface area contributed by atoms with Gasteiger partial charge in [-0.2, -0.15) is 0 Å². The zero-order valence-corrected chi connectivity index (χ0v) is 14.4. The molecule has 0 aromatic heterocycles. The number of aliphatic hydroxyl groups is 2. The fraction of sp³-hybridized carbons (Fsp3) is 0.182. The Morgan fingerprint density at radius 3 is 2.08 bits per heavy atom. The van der Waals surface area contributed by atoms with Gasteiger partial charge in [0.2, 0.25) is 0 Å². The molecule has 0 saturated carbocycles. The van der Waals surface area contributed by atoms with Crippen molar-refractivity contribution in [1.82, 2.24) is 0 Å². The summed E-state index contributed by atoms with van der Waals surface area (Å²) < 4.78 is 5.91. The summed E-state index contributed by atoms with van der Waals surface area (Å²) in [6.45, 7) is 3.58. The number of aliphatic hydroxyl groups excluding tert-OH is 1. The van der Waals surface area contributed by atoms with E-state index in [4.69, 9.17) is 9.84 Å². The molecule has 3 aromatic rings. The summed E-state index contributed by atoms with van der Waals surface area (Å²) in [5.41, 5.74) is 2.90. The lowest BCUT2D eigenvalue weighted by molar-refractivity contribution is 0.0786. The first-order valence-electron chi connectivity index (χ1n) is 8.27. The maximum atomic E-state index is 10.2. The van der Waals surface area contributed by atoms with Crippen molar-refractivity contribution in [1.29, 1.82) is 0 Å². The monoisotopic (exact) mass is 334 g/mol. The highest BCUT2D eigenvalue weighted by Gasteiger charge is 2.16. The fourth-order valence-corrected chi connectivity index (χ4v) is 2.62. The molecule has 0 bridgehead atoms. The van der Waals surface area contributed by atoms with E-state index in [1.165, 1.54) is 0 Å². The lowest BCUT2D eigenvalue weighted by Crippen LogP contribution is -2.15. The number of rotatable bonds is 5. The summed E-state index contributed by atoms with van der Waals surface area (Å²) in [6, 6.07) is 23.1. The largest absolute Gasteiger partial charge is 0.457 e. The highest BCUT2D eigenvalue weighted by atomic mass is 16.5. The second-order valence-corrected chi connectivity index (χ2v) is 6.57. The highest BCUT2D eigenvalue weighted by Crippen LogP contribution is 2.30. The van der Waals surface area contributed by atoms with Crippen LogP contribution in [0.1, 0.15) is 25.0 Å². The second kappa shape index (κ2) is 7.09. The highest BCUT2D eigenvalue weighted by molar-refractivity contribution is 5.66. The smallest absolute Gasteiger partial charge is 0.128 e. The van der Waals surface area contributed by atoms with E-state index in [1.54, 1.807) is 13.8 Å². The average Bonchev–Trinajstić information content (AvgIpc) is 2.62. The maximum absolute atomic E-state index is 10.2. The first-order chi connectivity index (χ1) is 12.0. The van der Waals surface area contributed by atoms with Crippen LogP contribution < -0.4 is 4.74 Å². The molecule has 3 nitrogen and oxygen atoms in total. The third-order valence-electron chi connectivity index (χ3n) is 4.08. The van der Waals surface area contributed by atoms with Crippen LogP contribution in [0.4, 0.5) is 0 Å². The molecular formula is C22H22O3. The molecule has 0 spiro atoms. The van der Waals surface area contributed by atoms with Crippen molar-refractivity contribution in [2.45, 2.75) is 26.1 Å². The van der Waals surface area contributed by atoms with Gasteiger partial charge in [0.15, 0.2) is 0 Å². The van der Waals surface area contributed by atoms with Gasteiger partial charge in [0.1, 0.15) is 11.5 Å². The van der Waals surface area contributed by atoms with Crippen LogP contribution in [0, 0.1) is 0 Å². The maximum Gasteiger partial charge on any atom is 0.128 e. The van der Waals surface area contributed by atoms with E-state index in [9.17, 15) is 5.11 Å². The van der Waals surface area contributed by atoms with Crippen molar-refractivity contribution in [2.75, 3.05) is 0 Å². The molecule has 0 unspecified atom stereocenters. The Morgan fingerprint density at radius 2 is 1.44 bits per heavy atom. The first kappa shape index (κ1) is 17.2. The van der Waals surface area contributed by atoms with Crippen LogP contribution in [0.3, 0.4) is 0 Å². The van der Waals surface area contributed by atoms with Gasteiger partial charge in [-0.15, -0.1) is 0 Å². The molecule has 128 valence electrons. The van der Waals surface area contributed by atoms with E-state index in [0.717, 1.165) is 33.8 Å². The van der Waals surface area contributed by atoms with Gasteiger partial charge in [-0.25, -0.2) is 0 Å². The molecule has 3 aromatic carbocycles. The summed E-state index contributed by atoms with van der Waals surface area (Å²) in [5.74, 6) is 1.46. The summed E-state index contributed by atoms with van der Waals surface area (Å²) in [5, 5.41) is 19.3. The number of hydrogen-bond acceptors (Lipinski definition) is 3. The van der Waals surface area contributed by atoms with Crippen molar-refractivity contribution in [3.05, 3.63) is 83.9 Å². The third-order valence-corrected chi connectivity index (χ3v) is 4.08. The van der Waals surface area contributed by atoms with Crippen molar-refractivity contribution >= 4 is 0 Å². The molecule has 0 amide bonds. The molecule has 0 heterocycles. The van der Waals surface area contributed by atoms with Gasteiger partial charge in [0.05, 0.1) is 12.2 Å². The predicted molar refractivity (Wildman–Crippen MR) is 99.6 cm³/mol. The molecular weight excluding hydrogens is 312 g/mol. The predicted octanol–water partition coefficient (Wildman–Crippen LogP) is 4.87. The summed E-state index contributed by atoms with van der Waals surface area (Å²) >= 11 is 0. The summed E-state index contributed by atoms with van der Waals surface area (Å²) in [7, 11) is 0. The van der Waals surface area contributed by atoms with Crippen molar-refractivity contribution in [3.63, 3.8) is 0 Å². The standard InChI is InChI=1S/C22H22O3/c1-22(2,24)19-7-3-5-17(13-19)18-6-4-8-21(14-18)25-20-11-9-16(15-23)10-12-20/h3-14,23-24H,15H2,1-2H3. The molecule has 3 rings (SSSR count). The summed E-state index contributed by atoms with van der Waals surface area (Å²) in [6.07, 6.45) is 0. The Balaban J connectivity index is 1.86. The fourth-order valence-electron chi connectivity index (χ4n) is 2.62. The van der Waals surface area contributed by atoms with Gasteiger partial charge in [0, 0.05) is 0 Å².